The van der Waals surface area contributed by atoms with E-state index in [1.54, 1.807) is 0 Å². The summed E-state index contributed by atoms with van der Waals surface area (Å²) in [5, 5.41) is 10.5. The third-order valence-electron chi connectivity index (χ3n) is 4.23. The van der Waals surface area contributed by atoms with Crippen molar-refractivity contribution in [3.63, 3.8) is 0 Å². The number of rotatable bonds is 4. The summed E-state index contributed by atoms with van der Waals surface area (Å²) in [6.07, 6.45) is 2.81. The van der Waals surface area contributed by atoms with Gasteiger partial charge in [-0.3, -0.25) is 4.79 Å². The number of carbonyl (C=O) groups excluding carboxylic acids is 1. The minimum absolute atomic E-state index is 0.377. The molecule has 0 heterocycles. The van der Waals surface area contributed by atoms with Crippen LogP contribution in [0.1, 0.15) is 30.9 Å². The maximum atomic E-state index is 11.9. The fourth-order valence-electron chi connectivity index (χ4n) is 3.30. The third-order valence-corrected chi connectivity index (χ3v) is 4.23. The van der Waals surface area contributed by atoms with Crippen LogP contribution in [0.25, 0.3) is 0 Å². The number of hydrogen-bond acceptors (Lipinski definition) is 3. The van der Waals surface area contributed by atoms with Crippen molar-refractivity contribution in [2.45, 2.75) is 31.5 Å². The normalized spacial score (nSPS) is 17.7. The highest BCUT2D eigenvalue weighted by atomic mass is 16.6. The Morgan fingerprint density at radius 1 is 1.04 bits per heavy atom. The molecule has 0 aromatic heterocycles. The van der Waals surface area contributed by atoms with Crippen LogP contribution in [0.4, 0.5) is 0 Å². The highest BCUT2D eigenvalue weighted by Gasteiger charge is 2.45. The summed E-state index contributed by atoms with van der Waals surface area (Å²) < 4.78 is 5.90. The van der Waals surface area contributed by atoms with E-state index in [-0.39, 0.29) is 5.97 Å². The molecule has 0 saturated heterocycles. The first kappa shape index (κ1) is 15.5. The molecular weight excluding hydrogens is 288 g/mol. The Balaban J connectivity index is 2.28. The van der Waals surface area contributed by atoms with Gasteiger partial charge in [-0.15, -0.1) is 0 Å². The number of hydrogen-bond donors (Lipinski definition) is 1. The lowest BCUT2D eigenvalue weighted by molar-refractivity contribution is -0.151. The Bertz CT molecular complexity index is 665. The van der Waals surface area contributed by atoms with Crippen molar-refractivity contribution in [2.24, 2.45) is 0 Å². The molecular formula is C20H20O3. The van der Waals surface area contributed by atoms with Crippen LogP contribution in [-0.2, 0) is 15.1 Å². The van der Waals surface area contributed by atoms with E-state index in [0.29, 0.717) is 6.42 Å². The first-order chi connectivity index (χ1) is 11.1. The molecule has 1 N–H and O–H groups in total. The molecule has 1 unspecified atom stereocenters. The van der Waals surface area contributed by atoms with Crippen molar-refractivity contribution in [1.29, 1.82) is 0 Å². The molecule has 2 aromatic carbocycles. The van der Waals surface area contributed by atoms with Gasteiger partial charge in [-0.1, -0.05) is 66.7 Å². The molecule has 0 spiro atoms. The average Bonchev–Trinajstić information content (AvgIpc) is 3.00. The van der Waals surface area contributed by atoms with Gasteiger partial charge < -0.3 is 9.84 Å². The summed E-state index contributed by atoms with van der Waals surface area (Å²) in [5.74, 6) is -0.377. The summed E-state index contributed by atoms with van der Waals surface area (Å²) >= 11 is 0. The van der Waals surface area contributed by atoms with Gasteiger partial charge in [0.1, 0.15) is 0 Å². The number of aliphatic hydroxyl groups is 1. The van der Waals surface area contributed by atoms with Gasteiger partial charge in [0.25, 0.3) is 0 Å². The SMILES string of the molecule is CC(=O)OC(C1=CCCC1O)(c1ccccc1)c1ccccc1. The molecule has 1 aliphatic rings. The van der Waals surface area contributed by atoms with Crippen molar-refractivity contribution in [3.05, 3.63) is 83.4 Å². The summed E-state index contributed by atoms with van der Waals surface area (Å²) in [5.41, 5.74) is 1.34. The van der Waals surface area contributed by atoms with Gasteiger partial charge in [0, 0.05) is 23.6 Å². The van der Waals surface area contributed by atoms with E-state index >= 15 is 0 Å². The van der Waals surface area contributed by atoms with E-state index in [2.05, 4.69) is 0 Å². The van der Waals surface area contributed by atoms with Crippen LogP contribution >= 0.6 is 0 Å². The fraction of sp³-hybridized carbons (Fsp3) is 0.250. The van der Waals surface area contributed by atoms with Crippen LogP contribution in [0, 0.1) is 0 Å². The van der Waals surface area contributed by atoms with Crippen LogP contribution < -0.4 is 0 Å². The van der Waals surface area contributed by atoms with E-state index in [1.807, 2.05) is 66.7 Å². The van der Waals surface area contributed by atoms with Gasteiger partial charge in [-0.2, -0.15) is 0 Å². The predicted molar refractivity (Wildman–Crippen MR) is 88.8 cm³/mol. The monoisotopic (exact) mass is 308 g/mol. The number of ether oxygens (including phenoxy) is 1. The van der Waals surface area contributed by atoms with Crippen molar-refractivity contribution < 1.29 is 14.6 Å². The summed E-state index contributed by atoms with van der Waals surface area (Å²) in [4.78, 5) is 11.9. The summed E-state index contributed by atoms with van der Waals surface area (Å²) in [6.45, 7) is 1.41. The van der Waals surface area contributed by atoms with Gasteiger partial charge in [-0.05, 0) is 12.8 Å². The quantitative estimate of drug-likeness (QED) is 0.694. The molecule has 1 aliphatic carbocycles. The molecule has 3 heteroatoms. The maximum absolute atomic E-state index is 11.9. The number of allylic oxidation sites excluding steroid dienone is 1. The third kappa shape index (κ3) is 2.80. The van der Waals surface area contributed by atoms with Crippen LogP contribution in [0.3, 0.4) is 0 Å². The van der Waals surface area contributed by atoms with Crippen LogP contribution in [-0.4, -0.2) is 17.2 Å². The maximum Gasteiger partial charge on any atom is 0.304 e. The number of carbonyl (C=O) groups is 1. The molecule has 0 saturated carbocycles. The Kier molecular flexibility index (Phi) is 4.30. The average molecular weight is 308 g/mol. The first-order valence-electron chi connectivity index (χ1n) is 7.84. The molecule has 0 radical (unpaired) electrons. The minimum Gasteiger partial charge on any atom is -0.445 e. The van der Waals surface area contributed by atoms with Gasteiger partial charge in [0.05, 0.1) is 6.10 Å². The van der Waals surface area contributed by atoms with Crippen molar-refractivity contribution in [1.82, 2.24) is 0 Å². The van der Waals surface area contributed by atoms with Crippen LogP contribution in [0.15, 0.2) is 72.3 Å². The molecule has 118 valence electrons. The Hall–Kier alpha value is -2.39. The Morgan fingerprint density at radius 2 is 1.57 bits per heavy atom. The number of benzene rings is 2. The number of esters is 1. The zero-order valence-electron chi connectivity index (χ0n) is 13.1. The molecule has 2 aromatic rings. The molecule has 0 aliphatic heterocycles. The molecule has 0 amide bonds. The van der Waals surface area contributed by atoms with Gasteiger partial charge >= 0.3 is 5.97 Å². The molecule has 0 fully saturated rings. The molecule has 3 nitrogen and oxygen atoms in total. The fourth-order valence-corrected chi connectivity index (χ4v) is 3.30. The standard InChI is InChI=1S/C20H20O3/c1-15(21)23-20(16-9-4-2-5-10-16,17-11-6-3-7-12-17)18-13-8-14-19(18)22/h2-7,9-13,19,22H,8,14H2,1H3. The minimum atomic E-state index is -1.08. The van der Waals surface area contributed by atoms with Gasteiger partial charge in [0.15, 0.2) is 5.60 Å². The van der Waals surface area contributed by atoms with E-state index < -0.39 is 11.7 Å². The van der Waals surface area contributed by atoms with Crippen molar-refractivity contribution >= 4 is 5.97 Å². The second kappa shape index (κ2) is 6.39. The lowest BCUT2D eigenvalue weighted by Crippen LogP contribution is -2.38. The lowest BCUT2D eigenvalue weighted by atomic mass is 9.78. The van der Waals surface area contributed by atoms with Gasteiger partial charge in [0.2, 0.25) is 0 Å². The highest BCUT2D eigenvalue weighted by molar-refractivity contribution is 5.69. The van der Waals surface area contributed by atoms with Crippen LogP contribution in [0.5, 0.6) is 0 Å². The molecule has 23 heavy (non-hydrogen) atoms. The Morgan fingerprint density at radius 3 is 1.96 bits per heavy atom. The van der Waals surface area contributed by atoms with Crippen molar-refractivity contribution in [2.75, 3.05) is 0 Å². The predicted octanol–water partition coefficient (Wildman–Crippen LogP) is 3.57. The summed E-state index contributed by atoms with van der Waals surface area (Å²) in [7, 11) is 0. The lowest BCUT2D eigenvalue weighted by Gasteiger charge is -2.37. The zero-order chi connectivity index (χ0) is 16.3. The van der Waals surface area contributed by atoms with Gasteiger partial charge in [-0.25, -0.2) is 0 Å². The largest absolute Gasteiger partial charge is 0.445 e. The first-order valence-corrected chi connectivity index (χ1v) is 7.84. The second-order valence-electron chi connectivity index (χ2n) is 5.76. The number of aliphatic hydroxyl groups excluding tert-OH is 1. The molecule has 0 bridgehead atoms. The topological polar surface area (TPSA) is 46.5 Å². The summed E-state index contributed by atoms with van der Waals surface area (Å²) in [6, 6.07) is 19.2. The zero-order valence-corrected chi connectivity index (χ0v) is 13.1. The molecule has 3 rings (SSSR count). The van der Waals surface area contributed by atoms with E-state index in [1.165, 1.54) is 6.92 Å². The highest BCUT2D eigenvalue weighted by Crippen LogP contribution is 2.45. The van der Waals surface area contributed by atoms with E-state index in [0.717, 1.165) is 23.1 Å². The molecule has 1 atom stereocenters. The Labute approximate surface area is 136 Å². The van der Waals surface area contributed by atoms with Crippen LogP contribution in [0.2, 0.25) is 0 Å². The van der Waals surface area contributed by atoms with E-state index in [9.17, 15) is 9.90 Å². The second-order valence-corrected chi connectivity index (χ2v) is 5.76. The van der Waals surface area contributed by atoms with Crippen molar-refractivity contribution in [3.8, 4) is 0 Å². The van der Waals surface area contributed by atoms with E-state index in [4.69, 9.17) is 4.74 Å². The smallest absolute Gasteiger partial charge is 0.304 e.